The highest BCUT2D eigenvalue weighted by atomic mass is 19.2. The maximum absolute atomic E-state index is 13.1. The Bertz CT molecular complexity index is 537. The minimum atomic E-state index is -0.857. The van der Waals surface area contributed by atoms with Crippen LogP contribution >= 0.6 is 0 Å². The molecule has 3 nitrogen and oxygen atoms in total. The van der Waals surface area contributed by atoms with E-state index in [9.17, 15) is 8.78 Å². The van der Waals surface area contributed by atoms with Gasteiger partial charge in [-0.25, -0.2) is 8.78 Å². The predicted octanol–water partition coefficient (Wildman–Crippen LogP) is 2.33. The van der Waals surface area contributed by atoms with E-state index in [2.05, 4.69) is 5.10 Å². The molecule has 1 unspecified atom stereocenters. The third-order valence-electron chi connectivity index (χ3n) is 2.87. The third-order valence-corrected chi connectivity index (χ3v) is 2.87. The third kappa shape index (κ3) is 2.92. The van der Waals surface area contributed by atoms with Gasteiger partial charge in [-0.1, -0.05) is 6.07 Å². The first-order chi connectivity index (χ1) is 8.56. The Balaban J connectivity index is 1.99. The van der Waals surface area contributed by atoms with E-state index in [1.165, 1.54) is 6.07 Å². The molecule has 2 aromatic rings. The highest BCUT2D eigenvalue weighted by molar-refractivity contribution is 5.21. The highest BCUT2D eigenvalue weighted by Crippen LogP contribution is 2.18. The van der Waals surface area contributed by atoms with Crippen LogP contribution in [-0.2, 0) is 13.5 Å². The lowest BCUT2D eigenvalue weighted by Gasteiger charge is -2.11. The van der Waals surface area contributed by atoms with Crippen LogP contribution in [0, 0.1) is 11.6 Å². The lowest BCUT2D eigenvalue weighted by atomic mass is 10.0. The van der Waals surface area contributed by atoms with E-state index < -0.39 is 11.6 Å². The van der Waals surface area contributed by atoms with Crippen molar-refractivity contribution < 1.29 is 8.78 Å². The minimum absolute atomic E-state index is 0.305. The SMILES string of the molecule is Cn1cc(CCC(N)c2ccc(F)c(F)c2)cn1. The van der Waals surface area contributed by atoms with E-state index in [-0.39, 0.29) is 6.04 Å². The molecule has 0 aliphatic heterocycles. The van der Waals surface area contributed by atoms with Crippen LogP contribution in [0.5, 0.6) is 0 Å². The average molecular weight is 251 g/mol. The summed E-state index contributed by atoms with van der Waals surface area (Å²) >= 11 is 0. The van der Waals surface area contributed by atoms with Crippen LogP contribution in [0.15, 0.2) is 30.6 Å². The molecule has 1 aromatic heterocycles. The number of benzene rings is 1. The van der Waals surface area contributed by atoms with Crippen LogP contribution in [-0.4, -0.2) is 9.78 Å². The number of nitrogens with zero attached hydrogens (tertiary/aromatic N) is 2. The van der Waals surface area contributed by atoms with Crippen molar-refractivity contribution in [3.05, 3.63) is 53.4 Å². The Morgan fingerprint density at radius 1 is 1.33 bits per heavy atom. The lowest BCUT2D eigenvalue weighted by Crippen LogP contribution is -2.11. The smallest absolute Gasteiger partial charge is 0.159 e. The number of aromatic nitrogens is 2. The summed E-state index contributed by atoms with van der Waals surface area (Å²) in [5.74, 6) is -1.71. The standard InChI is InChI=1S/C13H15F2N3/c1-18-8-9(7-17-18)2-5-13(16)10-3-4-11(14)12(15)6-10/h3-4,6-8,13H,2,5,16H2,1H3. The Kier molecular flexibility index (Phi) is 3.72. The number of halogens is 2. The number of aryl methyl sites for hydroxylation is 2. The van der Waals surface area contributed by atoms with Gasteiger partial charge in [-0.05, 0) is 36.1 Å². The van der Waals surface area contributed by atoms with Gasteiger partial charge in [-0.2, -0.15) is 5.10 Å². The zero-order valence-corrected chi connectivity index (χ0v) is 10.1. The fourth-order valence-corrected chi connectivity index (χ4v) is 1.83. The number of hydrogen-bond donors (Lipinski definition) is 1. The van der Waals surface area contributed by atoms with Crippen molar-refractivity contribution in [2.75, 3.05) is 0 Å². The van der Waals surface area contributed by atoms with E-state index in [4.69, 9.17) is 5.73 Å². The summed E-state index contributed by atoms with van der Waals surface area (Å²) in [6, 6.07) is 3.48. The quantitative estimate of drug-likeness (QED) is 0.906. The van der Waals surface area contributed by atoms with E-state index in [1.807, 2.05) is 13.2 Å². The molecule has 18 heavy (non-hydrogen) atoms. The summed E-state index contributed by atoms with van der Waals surface area (Å²) in [4.78, 5) is 0. The minimum Gasteiger partial charge on any atom is -0.324 e. The molecule has 1 heterocycles. The van der Waals surface area contributed by atoms with Gasteiger partial charge in [0.15, 0.2) is 11.6 Å². The van der Waals surface area contributed by atoms with Crippen LogP contribution < -0.4 is 5.73 Å². The van der Waals surface area contributed by atoms with Gasteiger partial charge in [-0.15, -0.1) is 0 Å². The van der Waals surface area contributed by atoms with Gasteiger partial charge in [0.2, 0.25) is 0 Å². The molecule has 5 heteroatoms. The van der Waals surface area contributed by atoms with Crippen LogP contribution in [0.1, 0.15) is 23.6 Å². The molecule has 1 atom stereocenters. The van der Waals surface area contributed by atoms with Gasteiger partial charge in [-0.3, -0.25) is 4.68 Å². The molecular weight excluding hydrogens is 236 g/mol. The largest absolute Gasteiger partial charge is 0.324 e. The Hall–Kier alpha value is -1.75. The number of nitrogens with two attached hydrogens (primary N) is 1. The van der Waals surface area contributed by atoms with E-state index in [1.54, 1.807) is 10.9 Å². The second kappa shape index (κ2) is 5.27. The normalized spacial score (nSPS) is 12.7. The molecule has 1 aromatic carbocycles. The van der Waals surface area contributed by atoms with E-state index >= 15 is 0 Å². The highest BCUT2D eigenvalue weighted by Gasteiger charge is 2.10. The zero-order valence-electron chi connectivity index (χ0n) is 10.1. The van der Waals surface area contributed by atoms with E-state index in [0.29, 0.717) is 12.0 Å². The molecule has 2 N–H and O–H groups in total. The van der Waals surface area contributed by atoms with Crippen molar-refractivity contribution in [2.24, 2.45) is 12.8 Å². The molecule has 0 saturated heterocycles. The lowest BCUT2D eigenvalue weighted by molar-refractivity contribution is 0.504. The fraction of sp³-hybridized carbons (Fsp3) is 0.308. The summed E-state index contributed by atoms with van der Waals surface area (Å²) in [5, 5.41) is 4.06. The molecule has 0 fully saturated rings. The first kappa shape index (κ1) is 12.7. The van der Waals surface area contributed by atoms with Crippen LogP contribution in [0.25, 0.3) is 0 Å². The van der Waals surface area contributed by atoms with Crippen molar-refractivity contribution in [1.82, 2.24) is 9.78 Å². The molecule has 96 valence electrons. The summed E-state index contributed by atoms with van der Waals surface area (Å²) in [7, 11) is 1.85. The topological polar surface area (TPSA) is 43.8 Å². The van der Waals surface area contributed by atoms with Crippen molar-refractivity contribution in [3.63, 3.8) is 0 Å². The van der Waals surface area contributed by atoms with Crippen LogP contribution in [0.4, 0.5) is 8.78 Å². The monoisotopic (exact) mass is 251 g/mol. The number of hydrogen-bond acceptors (Lipinski definition) is 2. The second-order valence-corrected chi connectivity index (χ2v) is 4.34. The molecule has 0 radical (unpaired) electrons. The summed E-state index contributed by atoms with van der Waals surface area (Å²) in [5.41, 5.74) is 7.64. The van der Waals surface area contributed by atoms with Crippen molar-refractivity contribution in [3.8, 4) is 0 Å². The zero-order chi connectivity index (χ0) is 13.1. The first-order valence-electron chi connectivity index (χ1n) is 5.74. The fourth-order valence-electron chi connectivity index (χ4n) is 1.83. The Morgan fingerprint density at radius 2 is 2.11 bits per heavy atom. The van der Waals surface area contributed by atoms with Crippen LogP contribution in [0.2, 0.25) is 0 Å². The van der Waals surface area contributed by atoms with Crippen molar-refractivity contribution in [1.29, 1.82) is 0 Å². The van der Waals surface area contributed by atoms with Gasteiger partial charge >= 0.3 is 0 Å². The summed E-state index contributed by atoms with van der Waals surface area (Å²) in [6.45, 7) is 0. The number of rotatable bonds is 4. The molecule has 0 amide bonds. The maximum Gasteiger partial charge on any atom is 0.159 e. The molecule has 0 aliphatic carbocycles. The van der Waals surface area contributed by atoms with Crippen molar-refractivity contribution in [2.45, 2.75) is 18.9 Å². The molecule has 0 spiro atoms. The Labute approximate surface area is 104 Å². The van der Waals surface area contributed by atoms with Gasteiger partial charge in [0.1, 0.15) is 0 Å². The van der Waals surface area contributed by atoms with Gasteiger partial charge in [0.25, 0.3) is 0 Å². The predicted molar refractivity (Wildman–Crippen MR) is 64.8 cm³/mol. The average Bonchev–Trinajstić information content (AvgIpc) is 2.75. The molecule has 0 saturated carbocycles. The molecule has 0 aliphatic rings. The summed E-state index contributed by atoms with van der Waals surface area (Å²) in [6.07, 6.45) is 5.11. The second-order valence-electron chi connectivity index (χ2n) is 4.34. The van der Waals surface area contributed by atoms with Crippen LogP contribution in [0.3, 0.4) is 0 Å². The first-order valence-corrected chi connectivity index (χ1v) is 5.74. The van der Waals surface area contributed by atoms with Gasteiger partial charge in [0.05, 0.1) is 6.20 Å². The van der Waals surface area contributed by atoms with Gasteiger partial charge < -0.3 is 5.73 Å². The van der Waals surface area contributed by atoms with Crippen molar-refractivity contribution >= 4 is 0 Å². The Morgan fingerprint density at radius 3 is 2.72 bits per heavy atom. The molecule has 0 bridgehead atoms. The molecule has 2 rings (SSSR count). The van der Waals surface area contributed by atoms with E-state index in [0.717, 1.165) is 24.1 Å². The summed E-state index contributed by atoms with van der Waals surface area (Å²) < 4.78 is 27.6. The maximum atomic E-state index is 13.1. The molecular formula is C13H15F2N3. The van der Waals surface area contributed by atoms with Gasteiger partial charge in [0, 0.05) is 19.3 Å².